The molecule has 0 aliphatic heterocycles. The Bertz CT molecular complexity index is 477. The zero-order chi connectivity index (χ0) is 16.0. The van der Waals surface area contributed by atoms with Crippen molar-refractivity contribution in [2.45, 2.75) is 26.1 Å². The number of nitrogens with one attached hydrogen (secondary N) is 1. The lowest BCUT2D eigenvalue weighted by Crippen LogP contribution is -2.39. The quantitative estimate of drug-likeness (QED) is 0.847. The molecule has 2 atom stereocenters. The van der Waals surface area contributed by atoms with Gasteiger partial charge in [0.1, 0.15) is 5.75 Å². The molecule has 2 unspecified atom stereocenters. The number of halogens is 3. The van der Waals surface area contributed by atoms with Crippen LogP contribution in [0.2, 0.25) is 0 Å². The van der Waals surface area contributed by atoms with Crippen molar-refractivity contribution in [3.05, 3.63) is 29.8 Å². The third-order valence-corrected chi connectivity index (χ3v) is 2.80. The predicted molar refractivity (Wildman–Crippen MR) is 70.8 cm³/mol. The third kappa shape index (κ3) is 5.26. The van der Waals surface area contributed by atoms with Gasteiger partial charge in [0.2, 0.25) is 0 Å². The van der Waals surface area contributed by atoms with E-state index in [1.165, 1.54) is 25.1 Å². The fourth-order valence-electron chi connectivity index (χ4n) is 1.53. The van der Waals surface area contributed by atoms with Gasteiger partial charge in [-0.1, -0.05) is 19.1 Å². The van der Waals surface area contributed by atoms with Gasteiger partial charge in [0.05, 0.1) is 5.56 Å². The summed E-state index contributed by atoms with van der Waals surface area (Å²) < 4.78 is 43.5. The second-order valence-electron chi connectivity index (χ2n) is 4.79. The number of aliphatic hydroxyl groups excluding tert-OH is 1. The molecule has 4 nitrogen and oxygen atoms in total. The largest absolute Gasteiger partial charge is 0.480 e. The van der Waals surface area contributed by atoms with Gasteiger partial charge in [-0.2, -0.15) is 13.2 Å². The normalized spacial score (nSPS) is 14.4. The summed E-state index contributed by atoms with van der Waals surface area (Å²) in [6.45, 7) is 3.23. The lowest BCUT2D eigenvalue weighted by atomic mass is 10.2. The molecule has 118 valence electrons. The van der Waals surface area contributed by atoms with E-state index in [0.717, 1.165) is 6.07 Å². The van der Waals surface area contributed by atoms with E-state index in [1.807, 2.05) is 0 Å². The van der Waals surface area contributed by atoms with Crippen molar-refractivity contribution >= 4 is 5.91 Å². The molecule has 7 heteroatoms. The maximum Gasteiger partial charge on any atom is 0.419 e. The van der Waals surface area contributed by atoms with Crippen molar-refractivity contribution < 1.29 is 27.8 Å². The maximum absolute atomic E-state index is 12.8. The molecular formula is C14H18F3NO3. The van der Waals surface area contributed by atoms with Crippen molar-refractivity contribution in [2.24, 2.45) is 5.92 Å². The summed E-state index contributed by atoms with van der Waals surface area (Å²) in [5.41, 5.74) is -0.923. The highest BCUT2D eigenvalue weighted by Crippen LogP contribution is 2.36. The molecule has 0 saturated carbocycles. The fraction of sp³-hybridized carbons (Fsp3) is 0.500. The van der Waals surface area contributed by atoms with Crippen LogP contribution >= 0.6 is 0 Å². The van der Waals surface area contributed by atoms with E-state index in [-0.39, 0.29) is 24.8 Å². The minimum absolute atomic E-state index is 0.0908. The molecule has 0 heterocycles. The van der Waals surface area contributed by atoms with Crippen LogP contribution < -0.4 is 10.1 Å². The number of hydrogen-bond donors (Lipinski definition) is 2. The number of benzene rings is 1. The summed E-state index contributed by atoms with van der Waals surface area (Å²) in [7, 11) is 0. The molecule has 0 spiro atoms. The average molecular weight is 305 g/mol. The number of alkyl halides is 3. The van der Waals surface area contributed by atoms with Gasteiger partial charge in [0.25, 0.3) is 5.91 Å². The van der Waals surface area contributed by atoms with Gasteiger partial charge >= 0.3 is 6.18 Å². The minimum atomic E-state index is -4.54. The predicted octanol–water partition coefficient (Wildman–Crippen LogP) is 2.22. The Morgan fingerprint density at radius 1 is 1.33 bits per heavy atom. The van der Waals surface area contributed by atoms with Crippen molar-refractivity contribution in [1.82, 2.24) is 5.32 Å². The first kappa shape index (κ1) is 17.3. The summed E-state index contributed by atoms with van der Waals surface area (Å²) in [6, 6.07) is 4.73. The van der Waals surface area contributed by atoms with E-state index in [4.69, 9.17) is 9.84 Å². The zero-order valence-electron chi connectivity index (χ0n) is 11.8. The summed E-state index contributed by atoms with van der Waals surface area (Å²) in [5, 5.41) is 11.3. The van der Waals surface area contributed by atoms with Gasteiger partial charge in [-0.3, -0.25) is 4.79 Å². The first-order valence-electron chi connectivity index (χ1n) is 6.47. The lowest BCUT2D eigenvalue weighted by molar-refractivity contribution is -0.140. The Hall–Kier alpha value is -1.76. The van der Waals surface area contributed by atoms with Gasteiger partial charge in [-0.25, -0.2) is 0 Å². The molecule has 0 bridgehead atoms. The topological polar surface area (TPSA) is 58.6 Å². The van der Waals surface area contributed by atoms with E-state index in [9.17, 15) is 18.0 Å². The van der Waals surface area contributed by atoms with Crippen molar-refractivity contribution in [3.63, 3.8) is 0 Å². The van der Waals surface area contributed by atoms with Crippen LogP contribution in [0.1, 0.15) is 19.4 Å². The van der Waals surface area contributed by atoms with Crippen LogP contribution in [0.5, 0.6) is 5.75 Å². The molecule has 0 saturated heterocycles. The average Bonchev–Trinajstić information content (AvgIpc) is 2.43. The van der Waals surface area contributed by atoms with Gasteiger partial charge < -0.3 is 15.2 Å². The molecule has 0 fully saturated rings. The van der Waals surface area contributed by atoms with Gasteiger partial charge in [-0.05, 0) is 25.0 Å². The number of hydrogen-bond acceptors (Lipinski definition) is 3. The molecule has 1 aromatic carbocycles. The summed E-state index contributed by atoms with van der Waals surface area (Å²) in [5.74, 6) is -1.06. The molecule has 0 aromatic heterocycles. The fourth-order valence-corrected chi connectivity index (χ4v) is 1.53. The SMILES string of the molecule is CC(CO)CNC(=O)C(C)Oc1ccccc1C(F)(F)F. The maximum atomic E-state index is 12.8. The summed E-state index contributed by atoms with van der Waals surface area (Å²) >= 11 is 0. The first-order valence-corrected chi connectivity index (χ1v) is 6.47. The van der Waals surface area contributed by atoms with E-state index < -0.39 is 23.8 Å². The lowest BCUT2D eigenvalue weighted by Gasteiger charge is -2.19. The Kier molecular flexibility index (Phi) is 6.02. The molecule has 2 N–H and O–H groups in total. The second kappa shape index (κ2) is 7.31. The van der Waals surface area contributed by atoms with Crippen LogP contribution in [-0.4, -0.2) is 30.3 Å². The van der Waals surface area contributed by atoms with Gasteiger partial charge in [0, 0.05) is 13.2 Å². The second-order valence-corrected chi connectivity index (χ2v) is 4.79. The minimum Gasteiger partial charge on any atom is -0.480 e. The van der Waals surface area contributed by atoms with Crippen LogP contribution in [0.25, 0.3) is 0 Å². The molecule has 1 aromatic rings. The molecular weight excluding hydrogens is 287 g/mol. The van der Waals surface area contributed by atoms with Crippen LogP contribution in [-0.2, 0) is 11.0 Å². The number of carbonyl (C=O) groups excluding carboxylic acids is 1. The van der Waals surface area contributed by atoms with E-state index >= 15 is 0 Å². The standard InChI is InChI=1S/C14H18F3NO3/c1-9(8-19)7-18-13(20)10(2)21-12-6-4-3-5-11(12)14(15,16)17/h3-6,9-10,19H,7-8H2,1-2H3,(H,18,20). The zero-order valence-corrected chi connectivity index (χ0v) is 11.8. The molecule has 1 amide bonds. The first-order chi connectivity index (χ1) is 9.75. The van der Waals surface area contributed by atoms with Crippen molar-refractivity contribution in [1.29, 1.82) is 0 Å². The number of aliphatic hydroxyl groups is 1. The van der Waals surface area contributed by atoms with E-state index in [2.05, 4.69) is 5.32 Å². The highest BCUT2D eigenvalue weighted by atomic mass is 19.4. The van der Waals surface area contributed by atoms with E-state index in [1.54, 1.807) is 6.92 Å². The number of para-hydroxylation sites is 1. The number of amides is 1. The van der Waals surface area contributed by atoms with Crippen LogP contribution in [0.4, 0.5) is 13.2 Å². The Balaban J connectivity index is 2.71. The number of rotatable bonds is 6. The van der Waals surface area contributed by atoms with Gasteiger partial charge in [-0.15, -0.1) is 0 Å². The van der Waals surface area contributed by atoms with Crippen LogP contribution in [0.15, 0.2) is 24.3 Å². The molecule has 1 rings (SSSR count). The Morgan fingerprint density at radius 3 is 2.52 bits per heavy atom. The molecule has 0 aliphatic rings. The van der Waals surface area contributed by atoms with E-state index in [0.29, 0.717) is 0 Å². The third-order valence-electron chi connectivity index (χ3n) is 2.80. The molecule has 21 heavy (non-hydrogen) atoms. The summed E-state index contributed by atoms with van der Waals surface area (Å²) in [6.07, 6.45) is -5.61. The molecule has 0 radical (unpaired) electrons. The Morgan fingerprint density at radius 2 is 1.95 bits per heavy atom. The Labute approximate surface area is 120 Å². The van der Waals surface area contributed by atoms with Crippen molar-refractivity contribution in [3.8, 4) is 5.75 Å². The highest BCUT2D eigenvalue weighted by molar-refractivity contribution is 5.80. The monoisotopic (exact) mass is 305 g/mol. The highest BCUT2D eigenvalue weighted by Gasteiger charge is 2.34. The van der Waals surface area contributed by atoms with Crippen LogP contribution in [0.3, 0.4) is 0 Å². The summed E-state index contributed by atoms with van der Waals surface area (Å²) in [4.78, 5) is 11.7. The van der Waals surface area contributed by atoms with Gasteiger partial charge in [0.15, 0.2) is 6.10 Å². The molecule has 0 aliphatic carbocycles. The number of carbonyl (C=O) groups is 1. The smallest absolute Gasteiger partial charge is 0.419 e. The van der Waals surface area contributed by atoms with Crippen LogP contribution in [0, 0.1) is 5.92 Å². The van der Waals surface area contributed by atoms with Crippen molar-refractivity contribution in [2.75, 3.05) is 13.2 Å². The number of ether oxygens (including phenoxy) is 1.